The Kier molecular flexibility index (Phi) is 4.83. The summed E-state index contributed by atoms with van der Waals surface area (Å²) in [6.07, 6.45) is 1.82. The summed E-state index contributed by atoms with van der Waals surface area (Å²) in [4.78, 5) is 8.86. The van der Waals surface area contributed by atoms with Crippen molar-refractivity contribution in [2.75, 3.05) is 12.8 Å². The molecule has 0 unspecified atom stereocenters. The van der Waals surface area contributed by atoms with Crippen LogP contribution >= 0.6 is 27.5 Å². The molecule has 2 aromatic rings. The Bertz CT molecular complexity index is 634. The first-order valence-electron chi connectivity index (χ1n) is 6.22. The van der Waals surface area contributed by atoms with Crippen LogP contribution in [0, 0.1) is 0 Å². The lowest BCUT2D eigenvalue weighted by molar-refractivity contribution is 0.415. The van der Waals surface area contributed by atoms with E-state index in [1.54, 1.807) is 19.2 Å². The van der Waals surface area contributed by atoms with Gasteiger partial charge in [0.25, 0.3) is 0 Å². The van der Waals surface area contributed by atoms with Gasteiger partial charge in [0.15, 0.2) is 5.82 Å². The molecule has 2 N–H and O–H groups in total. The Hall–Kier alpha value is -1.33. The van der Waals surface area contributed by atoms with Gasteiger partial charge in [-0.15, -0.1) is 0 Å². The van der Waals surface area contributed by atoms with Gasteiger partial charge in [0.05, 0.1) is 22.3 Å². The topological polar surface area (TPSA) is 61.0 Å². The van der Waals surface area contributed by atoms with Crippen LogP contribution in [0.2, 0.25) is 5.02 Å². The second kappa shape index (κ2) is 6.41. The molecule has 0 aliphatic heterocycles. The van der Waals surface area contributed by atoms with Crippen molar-refractivity contribution in [3.05, 3.63) is 33.4 Å². The Balaban J connectivity index is 2.49. The van der Waals surface area contributed by atoms with Crippen molar-refractivity contribution in [1.29, 1.82) is 0 Å². The highest BCUT2D eigenvalue weighted by atomic mass is 79.9. The van der Waals surface area contributed by atoms with Gasteiger partial charge in [-0.1, -0.05) is 24.9 Å². The molecule has 0 fully saturated rings. The number of aromatic nitrogens is 2. The molecular formula is C14H15BrClN3O. The number of nitrogens with two attached hydrogens (primary N) is 1. The Labute approximate surface area is 131 Å². The normalized spacial score (nSPS) is 10.6. The zero-order valence-electron chi connectivity index (χ0n) is 11.3. The number of halogens is 2. The molecule has 106 valence electrons. The van der Waals surface area contributed by atoms with E-state index >= 15 is 0 Å². The monoisotopic (exact) mass is 355 g/mol. The Morgan fingerprint density at radius 3 is 2.70 bits per heavy atom. The van der Waals surface area contributed by atoms with E-state index in [1.165, 1.54) is 0 Å². The van der Waals surface area contributed by atoms with Crippen molar-refractivity contribution in [3.63, 3.8) is 0 Å². The first-order valence-corrected chi connectivity index (χ1v) is 7.39. The van der Waals surface area contributed by atoms with Crippen molar-refractivity contribution in [2.45, 2.75) is 19.8 Å². The molecule has 0 atom stereocenters. The molecule has 0 aliphatic rings. The summed E-state index contributed by atoms with van der Waals surface area (Å²) in [5.74, 6) is 1.62. The van der Waals surface area contributed by atoms with Crippen LogP contribution in [0.4, 0.5) is 5.82 Å². The zero-order chi connectivity index (χ0) is 14.7. The molecule has 1 aromatic heterocycles. The van der Waals surface area contributed by atoms with Crippen LogP contribution in [-0.2, 0) is 6.42 Å². The van der Waals surface area contributed by atoms with E-state index in [1.807, 2.05) is 6.07 Å². The lowest BCUT2D eigenvalue weighted by atomic mass is 10.2. The van der Waals surface area contributed by atoms with Gasteiger partial charge in [-0.25, -0.2) is 9.97 Å². The molecule has 0 amide bonds. The number of ether oxygens (including phenoxy) is 1. The molecule has 0 radical (unpaired) electrons. The minimum absolute atomic E-state index is 0.436. The van der Waals surface area contributed by atoms with Crippen LogP contribution < -0.4 is 10.5 Å². The minimum Gasteiger partial charge on any atom is -0.495 e. The van der Waals surface area contributed by atoms with E-state index < -0.39 is 0 Å². The summed E-state index contributed by atoms with van der Waals surface area (Å²) in [5.41, 5.74) is 7.64. The first kappa shape index (κ1) is 15.1. The number of rotatable bonds is 4. The average Bonchev–Trinajstić information content (AvgIpc) is 2.43. The highest BCUT2D eigenvalue weighted by Gasteiger charge is 2.12. The predicted molar refractivity (Wildman–Crippen MR) is 85.1 cm³/mol. The number of hydrogen-bond acceptors (Lipinski definition) is 4. The third-order valence-electron chi connectivity index (χ3n) is 2.84. The molecule has 4 nitrogen and oxygen atoms in total. The summed E-state index contributed by atoms with van der Waals surface area (Å²) in [7, 11) is 1.58. The summed E-state index contributed by atoms with van der Waals surface area (Å²) < 4.78 is 5.90. The lowest BCUT2D eigenvalue weighted by Crippen LogP contribution is -2.03. The van der Waals surface area contributed by atoms with Crippen LogP contribution in [0.5, 0.6) is 5.75 Å². The molecule has 0 bridgehead atoms. The third-order valence-corrected chi connectivity index (χ3v) is 4.00. The van der Waals surface area contributed by atoms with Crippen LogP contribution in [0.3, 0.4) is 0 Å². The van der Waals surface area contributed by atoms with E-state index in [-0.39, 0.29) is 0 Å². The molecular weight excluding hydrogens is 342 g/mol. The maximum atomic E-state index is 6.13. The molecule has 1 aromatic carbocycles. The van der Waals surface area contributed by atoms with E-state index in [4.69, 9.17) is 22.1 Å². The predicted octanol–water partition coefficient (Wildman–Crippen LogP) is 4.10. The molecule has 20 heavy (non-hydrogen) atoms. The number of aryl methyl sites for hydroxylation is 1. The van der Waals surface area contributed by atoms with E-state index in [2.05, 4.69) is 32.8 Å². The average molecular weight is 357 g/mol. The van der Waals surface area contributed by atoms with Gasteiger partial charge in [0.1, 0.15) is 11.6 Å². The van der Waals surface area contributed by atoms with E-state index in [0.29, 0.717) is 22.4 Å². The van der Waals surface area contributed by atoms with Crippen LogP contribution in [0.1, 0.15) is 19.0 Å². The highest BCUT2D eigenvalue weighted by molar-refractivity contribution is 9.10. The second-order valence-corrected chi connectivity index (χ2v) is 5.49. The number of nitrogen functional groups attached to an aromatic ring is 1. The quantitative estimate of drug-likeness (QED) is 0.896. The smallest absolute Gasteiger partial charge is 0.161 e. The maximum absolute atomic E-state index is 6.13. The molecule has 6 heteroatoms. The SMILES string of the molecule is CCCc1nc(-c2ccc(OC)c(Cl)c2)nc(N)c1Br. The maximum Gasteiger partial charge on any atom is 0.161 e. The molecule has 0 saturated carbocycles. The number of nitrogens with zero attached hydrogens (tertiary/aromatic N) is 2. The fourth-order valence-corrected chi connectivity index (χ4v) is 2.48. The number of methoxy groups -OCH3 is 1. The van der Waals surface area contributed by atoms with Gasteiger partial charge in [-0.05, 0) is 40.5 Å². The van der Waals surface area contributed by atoms with Gasteiger partial charge >= 0.3 is 0 Å². The first-order chi connectivity index (χ1) is 9.56. The van der Waals surface area contributed by atoms with Crippen LogP contribution in [-0.4, -0.2) is 17.1 Å². The van der Waals surface area contributed by atoms with Crippen molar-refractivity contribution >= 4 is 33.3 Å². The molecule has 2 rings (SSSR count). The Morgan fingerprint density at radius 2 is 2.10 bits per heavy atom. The summed E-state index contributed by atoms with van der Waals surface area (Å²) in [5, 5.41) is 0.520. The molecule has 1 heterocycles. The Morgan fingerprint density at radius 1 is 1.35 bits per heavy atom. The third kappa shape index (κ3) is 3.04. The van der Waals surface area contributed by atoms with Crippen LogP contribution in [0.15, 0.2) is 22.7 Å². The minimum atomic E-state index is 0.436. The zero-order valence-corrected chi connectivity index (χ0v) is 13.6. The van der Waals surface area contributed by atoms with E-state index in [9.17, 15) is 0 Å². The summed E-state index contributed by atoms with van der Waals surface area (Å²) in [6.45, 7) is 2.09. The molecule has 0 saturated heterocycles. The standard InChI is InChI=1S/C14H15BrClN3O/c1-3-4-10-12(15)13(17)19-14(18-10)8-5-6-11(20-2)9(16)7-8/h5-7H,3-4H2,1-2H3,(H2,17,18,19). The second-order valence-electron chi connectivity index (χ2n) is 4.29. The fourth-order valence-electron chi connectivity index (χ4n) is 1.85. The van der Waals surface area contributed by atoms with Gasteiger partial charge in [-0.2, -0.15) is 0 Å². The number of anilines is 1. The lowest BCUT2D eigenvalue weighted by Gasteiger charge is -2.09. The van der Waals surface area contributed by atoms with Crippen molar-refractivity contribution in [3.8, 4) is 17.1 Å². The van der Waals surface area contributed by atoms with E-state index in [0.717, 1.165) is 28.6 Å². The van der Waals surface area contributed by atoms with Gasteiger partial charge in [0, 0.05) is 5.56 Å². The van der Waals surface area contributed by atoms with Crippen LogP contribution in [0.25, 0.3) is 11.4 Å². The summed E-state index contributed by atoms with van der Waals surface area (Å²) >= 11 is 9.56. The number of benzene rings is 1. The van der Waals surface area contributed by atoms with Crippen molar-refractivity contribution < 1.29 is 4.74 Å². The van der Waals surface area contributed by atoms with Gasteiger partial charge in [-0.3, -0.25) is 0 Å². The molecule has 0 aliphatic carbocycles. The number of hydrogen-bond donors (Lipinski definition) is 1. The van der Waals surface area contributed by atoms with Gasteiger partial charge < -0.3 is 10.5 Å². The van der Waals surface area contributed by atoms with Gasteiger partial charge in [0.2, 0.25) is 0 Å². The largest absolute Gasteiger partial charge is 0.495 e. The molecule has 0 spiro atoms. The van der Waals surface area contributed by atoms with Crippen molar-refractivity contribution in [1.82, 2.24) is 9.97 Å². The fraction of sp³-hybridized carbons (Fsp3) is 0.286. The highest BCUT2D eigenvalue weighted by Crippen LogP contribution is 2.31. The summed E-state index contributed by atoms with van der Waals surface area (Å²) in [6, 6.07) is 5.43. The van der Waals surface area contributed by atoms with Crippen molar-refractivity contribution in [2.24, 2.45) is 0 Å².